The lowest BCUT2D eigenvalue weighted by molar-refractivity contribution is 0.677. The van der Waals surface area contributed by atoms with Gasteiger partial charge in [0.05, 0.1) is 0 Å². The van der Waals surface area contributed by atoms with E-state index in [0.29, 0.717) is 0 Å². The molecule has 0 spiro atoms. The van der Waals surface area contributed by atoms with Gasteiger partial charge in [-0.2, -0.15) is 0 Å². The van der Waals surface area contributed by atoms with Crippen molar-refractivity contribution in [3.8, 4) is 0 Å². The van der Waals surface area contributed by atoms with Gasteiger partial charge in [-0.05, 0) is 30.9 Å². The molecule has 2 heteroatoms. The molecule has 1 heterocycles. The van der Waals surface area contributed by atoms with Gasteiger partial charge in [-0.25, -0.2) is 0 Å². The molecule has 0 radical (unpaired) electrons. The van der Waals surface area contributed by atoms with Gasteiger partial charge in [-0.1, -0.05) is 13.0 Å². The Balaban J connectivity index is 2.23. The summed E-state index contributed by atoms with van der Waals surface area (Å²) in [6, 6.07) is 4.30. The first-order chi connectivity index (χ1) is 6.30. The summed E-state index contributed by atoms with van der Waals surface area (Å²) in [5.74, 6) is 0. The van der Waals surface area contributed by atoms with Crippen molar-refractivity contribution in [2.75, 3.05) is 6.54 Å². The van der Waals surface area contributed by atoms with Gasteiger partial charge in [0.2, 0.25) is 0 Å². The second-order valence-electron chi connectivity index (χ2n) is 3.89. The minimum absolute atomic E-state index is 0.242. The Kier molecular flexibility index (Phi) is 2.08. The van der Waals surface area contributed by atoms with E-state index >= 15 is 0 Å². The molecule has 0 aromatic carbocycles. The first-order valence-electron chi connectivity index (χ1n) is 4.96. The number of nitrogens with two attached hydrogens (primary N) is 1. The zero-order valence-electron chi connectivity index (χ0n) is 8.09. The number of rotatable bonds is 3. The predicted molar refractivity (Wildman–Crippen MR) is 53.6 cm³/mol. The highest BCUT2D eigenvalue weighted by molar-refractivity contribution is 5.27. The first-order valence-corrected chi connectivity index (χ1v) is 4.96. The van der Waals surface area contributed by atoms with Crippen LogP contribution in [0.25, 0.3) is 0 Å². The molecule has 2 nitrogen and oxygen atoms in total. The highest BCUT2D eigenvalue weighted by Gasteiger charge is 2.43. The normalized spacial score (nSPS) is 18.6. The molecule has 1 aromatic rings. The first kappa shape index (κ1) is 8.70. The minimum atomic E-state index is 0.242. The second-order valence-corrected chi connectivity index (χ2v) is 3.89. The van der Waals surface area contributed by atoms with E-state index in [2.05, 4.69) is 24.0 Å². The molecule has 0 saturated heterocycles. The highest BCUT2D eigenvalue weighted by atomic mass is 14.8. The fourth-order valence-electron chi connectivity index (χ4n) is 1.66. The van der Waals surface area contributed by atoms with Crippen LogP contribution >= 0.6 is 0 Å². The maximum atomic E-state index is 5.73. The Hall–Kier alpha value is -0.890. The maximum Gasteiger partial charge on any atom is 0.0478 e. The van der Waals surface area contributed by atoms with E-state index in [1.165, 1.54) is 24.1 Å². The average Bonchev–Trinajstić information content (AvgIpc) is 2.99. The molecule has 1 aliphatic carbocycles. The zero-order valence-corrected chi connectivity index (χ0v) is 8.09. The third-order valence-electron chi connectivity index (χ3n) is 3.02. The Labute approximate surface area is 79.2 Å². The van der Waals surface area contributed by atoms with Crippen LogP contribution in [-0.4, -0.2) is 11.5 Å². The SMILES string of the molecule is CCc1ccc(C2(CN)CC2)nc1. The molecule has 1 aliphatic rings. The largest absolute Gasteiger partial charge is 0.330 e. The van der Waals surface area contributed by atoms with Crippen LogP contribution in [-0.2, 0) is 11.8 Å². The minimum Gasteiger partial charge on any atom is -0.330 e. The Morgan fingerprint density at radius 1 is 1.46 bits per heavy atom. The monoisotopic (exact) mass is 176 g/mol. The number of hydrogen-bond donors (Lipinski definition) is 1. The summed E-state index contributed by atoms with van der Waals surface area (Å²) in [6.07, 6.45) is 5.46. The molecular weight excluding hydrogens is 160 g/mol. The predicted octanol–water partition coefficient (Wildman–Crippen LogP) is 1.63. The van der Waals surface area contributed by atoms with E-state index in [0.717, 1.165) is 13.0 Å². The van der Waals surface area contributed by atoms with E-state index in [1.807, 2.05) is 6.20 Å². The lowest BCUT2D eigenvalue weighted by atomic mass is 10.0. The standard InChI is InChI=1S/C11H16N2/c1-2-9-3-4-10(13-7-9)11(8-12)5-6-11/h3-4,7H,2,5-6,8,12H2,1H3. The quantitative estimate of drug-likeness (QED) is 0.760. The van der Waals surface area contributed by atoms with Crippen molar-refractivity contribution in [3.63, 3.8) is 0 Å². The molecule has 1 aromatic heterocycles. The van der Waals surface area contributed by atoms with Crippen molar-refractivity contribution in [2.45, 2.75) is 31.6 Å². The molecule has 0 unspecified atom stereocenters. The second kappa shape index (κ2) is 3.11. The van der Waals surface area contributed by atoms with Gasteiger partial charge in [0.15, 0.2) is 0 Å². The number of aryl methyl sites for hydroxylation is 1. The van der Waals surface area contributed by atoms with Crippen molar-refractivity contribution >= 4 is 0 Å². The third-order valence-corrected chi connectivity index (χ3v) is 3.02. The summed E-state index contributed by atoms with van der Waals surface area (Å²) in [5.41, 5.74) is 8.46. The van der Waals surface area contributed by atoms with E-state index in [1.54, 1.807) is 0 Å². The summed E-state index contributed by atoms with van der Waals surface area (Å²) < 4.78 is 0. The van der Waals surface area contributed by atoms with E-state index in [-0.39, 0.29) is 5.41 Å². The van der Waals surface area contributed by atoms with Crippen molar-refractivity contribution in [1.82, 2.24) is 4.98 Å². The number of hydrogen-bond acceptors (Lipinski definition) is 2. The Morgan fingerprint density at radius 2 is 2.23 bits per heavy atom. The lowest BCUT2D eigenvalue weighted by Gasteiger charge is -2.11. The van der Waals surface area contributed by atoms with Crippen LogP contribution < -0.4 is 5.73 Å². The summed E-state index contributed by atoms with van der Waals surface area (Å²) in [5, 5.41) is 0. The van der Waals surface area contributed by atoms with Gasteiger partial charge < -0.3 is 5.73 Å². The van der Waals surface area contributed by atoms with E-state index in [4.69, 9.17) is 5.73 Å². The molecule has 1 saturated carbocycles. The number of nitrogens with zero attached hydrogens (tertiary/aromatic N) is 1. The zero-order chi connectivity index (χ0) is 9.31. The summed E-state index contributed by atoms with van der Waals surface area (Å²) in [4.78, 5) is 4.47. The number of pyridine rings is 1. The molecule has 2 rings (SSSR count). The van der Waals surface area contributed by atoms with Crippen LogP contribution in [0.1, 0.15) is 31.0 Å². The highest BCUT2D eigenvalue weighted by Crippen LogP contribution is 2.46. The third kappa shape index (κ3) is 1.46. The smallest absolute Gasteiger partial charge is 0.0478 e. The Morgan fingerprint density at radius 3 is 2.62 bits per heavy atom. The van der Waals surface area contributed by atoms with Crippen LogP contribution in [0.4, 0.5) is 0 Å². The van der Waals surface area contributed by atoms with Gasteiger partial charge in [0, 0.05) is 23.9 Å². The molecule has 1 fully saturated rings. The Bertz CT molecular complexity index is 285. The summed E-state index contributed by atoms with van der Waals surface area (Å²) in [7, 11) is 0. The van der Waals surface area contributed by atoms with Gasteiger partial charge in [0.1, 0.15) is 0 Å². The van der Waals surface area contributed by atoms with Crippen molar-refractivity contribution in [2.24, 2.45) is 5.73 Å². The van der Waals surface area contributed by atoms with E-state index < -0.39 is 0 Å². The van der Waals surface area contributed by atoms with E-state index in [9.17, 15) is 0 Å². The van der Waals surface area contributed by atoms with Gasteiger partial charge >= 0.3 is 0 Å². The van der Waals surface area contributed by atoms with Crippen LogP contribution in [0.2, 0.25) is 0 Å². The van der Waals surface area contributed by atoms with Crippen LogP contribution in [0.15, 0.2) is 18.3 Å². The molecule has 0 bridgehead atoms. The lowest BCUT2D eigenvalue weighted by Crippen LogP contribution is -2.20. The fourth-order valence-corrected chi connectivity index (χ4v) is 1.66. The molecule has 70 valence electrons. The molecule has 13 heavy (non-hydrogen) atoms. The molecule has 0 aliphatic heterocycles. The topological polar surface area (TPSA) is 38.9 Å². The van der Waals surface area contributed by atoms with Crippen molar-refractivity contribution < 1.29 is 0 Å². The molecule has 0 amide bonds. The van der Waals surface area contributed by atoms with Gasteiger partial charge in [-0.15, -0.1) is 0 Å². The molecule has 0 atom stereocenters. The number of aromatic nitrogens is 1. The fraction of sp³-hybridized carbons (Fsp3) is 0.545. The molecular formula is C11H16N2. The van der Waals surface area contributed by atoms with Crippen LogP contribution in [0.5, 0.6) is 0 Å². The average molecular weight is 176 g/mol. The van der Waals surface area contributed by atoms with Gasteiger partial charge in [0.25, 0.3) is 0 Å². The van der Waals surface area contributed by atoms with Crippen molar-refractivity contribution in [3.05, 3.63) is 29.6 Å². The van der Waals surface area contributed by atoms with Crippen molar-refractivity contribution in [1.29, 1.82) is 0 Å². The van der Waals surface area contributed by atoms with Crippen LogP contribution in [0, 0.1) is 0 Å². The summed E-state index contributed by atoms with van der Waals surface area (Å²) in [6.45, 7) is 2.89. The summed E-state index contributed by atoms with van der Waals surface area (Å²) >= 11 is 0. The van der Waals surface area contributed by atoms with Gasteiger partial charge in [-0.3, -0.25) is 4.98 Å². The van der Waals surface area contributed by atoms with Crippen LogP contribution in [0.3, 0.4) is 0 Å². The molecule has 2 N–H and O–H groups in total. The maximum absolute atomic E-state index is 5.73.